The van der Waals surface area contributed by atoms with Gasteiger partial charge in [0.2, 0.25) is 0 Å². The van der Waals surface area contributed by atoms with E-state index >= 15 is 0 Å². The summed E-state index contributed by atoms with van der Waals surface area (Å²) in [4.78, 5) is 146. The standard InChI is InChI=1S/C2H4N2O2.4CH6O6P2/c5-3-1-2-4-6;4*2-8(3,4)1-9(5,6)7/h1-2H2;4*1H2,(H2,2,3,4)(H2,5,6,7). The first-order valence-corrected chi connectivity index (χ1v) is 23.1. The van der Waals surface area contributed by atoms with Gasteiger partial charge in [-0.15, -0.1) is 0 Å². The van der Waals surface area contributed by atoms with E-state index in [1.807, 2.05) is 0 Å². The molecular weight excluding hydrogens is 764 g/mol. The van der Waals surface area contributed by atoms with Crippen molar-refractivity contribution in [2.75, 3.05) is 36.7 Å². The lowest BCUT2D eigenvalue weighted by atomic mass is 10.7. The first kappa shape index (κ1) is 52.0. The summed E-state index contributed by atoms with van der Waals surface area (Å²) in [5, 5.41) is 4.76. The van der Waals surface area contributed by atoms with Crippen LogP contribution in [0.2, 0.25) is 0 Å². The second-order valence-electron chi connectivity index (χ2n) is 6.59. The van der Waals surface area contributed by atoms with Crippen LogP contribution in [0.1, 0.15) is 0 Å². The van der Waals surface area contributed by atoms with Crippen LogP contribution in [0.4, 0.5) is 0 Å². The molecule has 0 spiro atoms. The minimum atomic E-state index is -4.55. The first-order valence-electron chi connectivity index (χ1n) is 8.69. The van der Waals surface area contributed by atoms with Gasteiger partial charge in [-0.1, -0.05) is 10.4 Å². The summed E-state index contributed by atoms with van der Waals surface area (Å²) in [7, 11) is -36.4. The molecule has 0 aliphatic rings. The molecular formula is C6H28N2O26P8. The van der Waals surface area contributed by atoms with Crippen LogP contribution in [-0.2, 0) is 36.5 Å². The summed E-state index contributed by atoms with van der Waals surface area (Å²) in [6, 6.07) is 0. The molecule has 0 aromatic carbocycles. The average molecular weight is 792 g/mol. The van der Waals surface area contributed by atoms with Gasteiger partial charge in [-0.2, -0.15) is 9.81 Å². The molecule has 16 N–H and O–H groups in total. The van der Waals surface area contributed by atoms with E-state index in [2.05, 4.69) is 10.4 Å². The van der Waals surface area contributed by atoms with E-state index < -0.39 is 84.4 Å². The predicted molar refractivity (Wildman–Crippen MR) is 137 cm³/mol. The highest BCUT2D eigenvalue weighted by atomic mass is 31.3. The molecule has 0 heterocycles. The molecule has 0 bridgehead atoms. The van der Waals surface area contributed by atoms with Gasteiger partial charge in [0.25, 0.3) is 0 Å². The monoisotopic (exact) mass is 792 g/mol. The van der Waals surface area contributed by atoms with E-state index in [4.69, 9.17) is 88.1 Å². The predicted octanol–water partition coefficient (Wildman–Crippen LogP) is -2.28. The number of hydrogen-bond acceptors (Lipinski definition) is 12. The van der Waals surface area contributed by atoms with Gasteiger partial charge in [0.15, 0.2) is 23.6 Å². The third-order valence-corrected chi connectivity index (χ3v) is 13.5. The Morgan fingerprint density at radius 2 is 0.381 bits per heavy atom. The topological polar surface area (TPSA) is 519 Å². The van der Waals surface area contributed by atoms with Gasteiger partial charge in [-0.05, 0) is 0 Å². The normalized spacial score (nSPS) is 12.9. The van der Waals surface area contributed by atoms with Gasteiger partial charge in [0, 0.05) is 0 Å². The van der Waals surface area contributed by atoms with E-state index in [0.29, 0.717) is 0 Å². The number of rotatable bonds is 11. The van der Waals surface area contributed by atoms with Gasteiger partial charge in [-0.25, -0.2) is 0 Å². The van der Waals surface area contributed by atoms with E-state index in [1.165, 1.54) is 0 Å². The SMILES string of the molecule is O=NCCN=O.O=P(O)(O)CP(=O)(O)O.O=P(O)(O)CP(=O)(O)O.O=P(O)(O)CP(=O)(O)O.O=P(O)(O)CP(=O)(O)O. The Balaban J connectivity index is -0.000000137. The molecule has 0 unspecified atom stereocenters. The molecule has 0 aliphatic carbocycles. The second-order valence-corrected chi connectivity index (χ2v) is 21.7. The average Bonchev–Trinajstić information content (AvgIpc) is 2.48. The Kier molecular flexibility index (Phi) is 26.3. The van der Waals surface area contributed by atoms with E-state index in [9.17, 15) is 36.5 Å². The van der Waals surface area contributed by atoms with Crippen LogP contribution in [0.3, 0.4) is 0 Å². The number of nitrogens with zero attached hydrogens (tertiary/aromatic N) is 2. The first-order chi connectivity index (χ1) is 17.7. The summed E-state index contributed by atoms with van der Waals surface area (Å²) in [6.07, 6.45) is 0. The minimum absolute atomic E-state index is 0.00347. The number of nitroso groups, excluding NO2 is 2. The quantitative estimate of drug-likeness (QED) is 0.0595. The van der Waals surface area contributed by atoms with Crippen molar-refractivity contribution >= 4 is 60.8 Å². The number of hydrogen-bond donors (Lipinski definition) is 16. The van der Waals surface area contributed by atoms with Crippen molar-refractivity contribution in [3.63, 3.8) is 0 Å². The fourth-order valence-corrected chi connectivity index (χ4v) is 8.72. The van der Waals surface area contributed by atoms with E-state index in [1.54, 1.807) is 0 Å². The largest absolute Gasteiger partial charge is 0.337 e. The summed E-state index contributed by atoms with van der Waals surface area (Å²) < 4.78 is 78.8. The molecule has 0 radical (unpaired) electrons. The molecule has 0 aromatic rings. The van der Waals surface area contributed by atoms with Crippen LogP contribution in [0.5, 0.6) is 0 Å². The van der Waals surface area contributed by atoms with Crippen LogP contribution in [0.25, 0.3) is 0 Å². The van der Waals surface area contributed by atoms with Crippen LogP contribution in [-0.4, -0.2) is 115 Å². The molecule has 36 heteroatoms. The fourth-order valence-electron chi connectivity index (χ4n) is 1.04. The van der Waals surface area contributed by atoms with Gasteiger partial charge in [0.1, 0.15) is 13.1 Å². The molecule has 42 heavy (non-hydrogen) atoms. The van der Waals surface area contributed by atoms with Crippen molar-refractivity contribution < 1.29 is 115 Å². The van der Waals surface area contributed by atoms with Crippen molar-refractivity contribution in [1.29, 1.82) is 0 Å². The Morgan fingerprint density at radius 3 is 0.405 bits per heavy atom. The molecule has 28 nitrogen and oxygen atoms in total. The smallest absolute Gasteiger partial charge is 0.324 e. The summed E-state index contributed by atoms with van der Waals surface area (Å²) >= 11 is 0. The lowest BCUT2D eigenvalue weighted by molar-refractivity contribution is 0.352. The zero-order chi connectivity index (χ0) is 35.7. The highest BCUT2D eigenvalue weighted by Gasteiger charge is 2.28. The second kappa shape index (κ2) is 21.2. The molecule has 0 amide bonds. The van der Waals surface area contributed by atoms with Crippen LogP contribution in [0, 0.1) is 9.81 Å². The molecule has 0 saturated heterocycles. The molecule has 0 atom stereocenters. The zero-order valence-electron chi connectivity index (χ0n) is 20.0. The van der Waals surface area contributed by atoms with Crippen molar-refractivity contribution in [1.82, 2.24) is 0 Å². The van der Waals surface area contributed by atoms with Gasteiger partial charge in [-0.3, -0.25) is 36.5 Å². The van der Waals surface area contributed by atoms with E-state index in [0.717, 1.165) is 0 Å². The Bertz CT molecular complexity index is 907. The maximum absolute atomic E-state index is 9.85. The minimum Gasteiger partial charge on any atom is -0.324 e. The van der Waals surface area contributed by atoms with Crippen LogP contribution < -0.4 is 0 Å². The highest BCUT2D eigenvalue weighted by Crippen LogP contribution is 2.53. The third kappa shape index (κ3) is 83.5. The molecule has 0 aliphatic heterocycles. The maximum Gasteiger partial charge on any atom is 0.337 e. The van der Waals surface area contributed by atoms with Crippen molar-refractivity contribution in [3.05, 3.63) is 9.81 Å². The van der Waals surface area contributed by atoms with Gasteiger partial charge < -0.3 is 78.3 Å². The molecule has 0 fully saturated rings. The molecule has 0 aromatic heterocycles. The van der Waals surface area contributed by atoms with Crippen LogP contribution >= 0.6 is 60.8 Å². The van der Waals surface area contributed by atoms with Crippen LogP contribution in [0.15, 0.2) is 10.4 Å². The zero-order valence-corrected chi connectivity index (χ0v) is 27.1. The maximum atomic E-state index is 9.85. The summed E-state index contributed by atoms with van der Waals surface area (Å²) in [5.74, 6) is -5.50. The van der Waals surface area contributed by atoms with Gasteiger partial charge in [0.05, 0.1) is 0 Å². The molecule has 0 saturated carbocycles. The van der Waals surface area contributed by atoms with Crippen molar-refractivity contribution in [3.8, 4) is 0 Å². The Hall–Kier alpha value is 0.400. The highest BCUT2D eigenvalue weighted by molar-refractivity contribution is 7.70. The summed E-state index contributed by atoms with van der Waals surface area (Å²) in [5.41, 5.74) is 0. The Labute approximate surface area is 232 Å². The van der Waals surface area contributed by atoms with Gasteiger partial charge >= 0.3 is 60.8 Å². The Morgan fingerprint density at radius 1 is 0.286 bits per heavy atom. The molecule has 0 rings (SSSR count). The van der Waals surface area contributed by atoms with Crippen molar-refractivity contribution in [2.24, 2.45) is 10.4 Å². The summed E-state index contributed by atoms with van der Waals surface area (Å²) in [6.45, 7) is 0.00694. The lowest BCUT2D eigenvalue weighted by Gasteiger charge is -2.03. The van der Waals surface area contributed by atoms with Crippen molar-refractivity contribution in [2.45, 2.75) is 0 Å². The fraction of sp³-hybridized carbons (Fsp3) is 1.00. The molecule has 258 valence electrons. The van der Waals surface area contributed by atoms with E-state index in [-0.39, 0.29) is 13.1 Å². The lowest BCUT2D eigenvalue weighted by Crippen LogP contribution is -1.88. The third-order valence-electron chi connectivity index (χ3n) is 1.76.